The Morgan fingerprint density at radius 1 is 1.29 bits per heavy atom. The average Bonchev–Trinajstić information content (AvgIpc) is 3.24. The molecule has 1 heterocycles. The Balaban J connectivity index is 1.40. The number of nitrogens with two attached hydrogens (primary N) is 1. The first-order valence-electron chi connectivity index (χ1n) is 13.2. The molecule has 38 heavy (non-hydrogen) atoms. The molecule has 2 fully saturated rings. The molecule has 1 unspecified atom stereocenters. The van der Waals surface area contributed by atoms with E-state index in [1.165, 1.54) is 17.7 Å². The minimum Gasteiger partial charge on any atom is -0.404 e. The van der Waals surface area contributed by atoms with Crippen LogP contribution in [0.1, 0.15) is 44.2 Å². The summed E-state index contributed by atoms with van der Waals surface area (Å²) in [6, 6.07) is 13.7. The lowest BCUT2D eigenvalue weighted by Gasteiger charge is -2.39. The van der Waals surface area contributed by atoms with Crippen LogP contribution in [-0.2, 0) is 4.74 Å². The van der Waals surface area contributed by atoms with Crippen molar-refractivity contribution in [1.29, 1.82) is 0 Å². The molecule has 1 aliphatic heterocycles. The summed E-state index contributed by atoms with van der Waals surface area (Å²) in [5.41, 5.74) is 10.8. The summed E-state index contributed by atoms with van der Waals surface area (Å²) in [5.74, 6) is 0.0387. The Bertz CT molecular complexity index is 1270. The van der Waals surface area contributed by atoms with E-state index < -0.39 is 0 Å². The minimum absolute atomic E-state index is 0.0721. The summed E-state index contributed by atoms with van der Waals surface area (Å²) in [6.07, 6.45) is 7.32. The predicted octanol–water partition coefficient (Wildman–Crippen LogP) is 6.31. The van der Waals surface area contributed by atoms with E-state index in [4.69, 9.17) is 27.1 Å². The number of fused-ring (bicyclic) bond motifs is 1. The Labute approximate surface area is 228 Å². The number of rotatable bonds is 5. The fourth-order valence-corrected chi connectivity index (χ4v) is 6.21. The third-order valence-corrected chi connectivity index (χ3v) is 8.47. The number of carbonyl (C=O) groups excluding carboxylic acids is 1. The molecule has 200 valence electrons. The van der Waals surface area contributed by atoms with Gasteiger partial charge >= 0.3 is 6.03 Å². The van der Waals surface area contributed by atoms with Gasteiger partial charge in [0.15, 0.2) is 0 Å². The van der Waals surface area contributed by atoms with Gasteiger partial charge in [0.1, 0.15) is 5.82 Å². The summed E-state index contributed by atoms with van der Waals surface area (Å²) in [7, 11) is 0. The molecule has 1 saturated heterocycles. The lowest BCUT2D eigenvalue weighted by molar-refractivity contribution is 0.0520. The predicted molar refractivity (Wildman–Crippen MR) is 149 cm³/mol. The van der Waals surface area contributed by atoms with Crippen molar-refractivity contribution in [1.82, 2.24) is 10.2 Å². The minimum atomic E-state index is -0.285. The van der Waals surface area contributed by atoms with E-state index in [9.17, 15) is 9.18 Å². The van der Waals surface area contributed by atoms with E-state index in [2.05, 4.69) is 18.3 Å². The zero-order valence-corrected chi connectivity index (χ0v) is 22.4. The summed E-state index contributed by atoms with van der Waals surface area (Å²) in [4.78, 5) is 19.8. The quantitative estimate of drug-likeness (QED) is 0.469. The van der Waals surface area contributed by atoms with E-state index in [-0.39, 0.29) is 23.3 Å². The number of allylic oxidation sites excluding steroid dienone is 3. The molecule has 5 rings (SSSR count). The van der Waals surface area contributed by atoms with Gasteiger partial charge in [-0.1, -0.05) is 36.2 Å². The highest BCUT2D eigenvalue weighted by Crippen LogP contribution is 2.56. The number of benzene rings is 2. The largest absolute Gasteiger partial charge is 0.404 e. The molecule has 6 nitrogen and oxygen atoms in total. The molecular weight excluding hydrogens is 503 g/mol. The molecule has 1 saturated carbocycles. The first kappa shape index (κ1) is 26.4. The van der Waals surface area contributed by atoms with E-state index in [0.29, 0.717) is 42.9 Å². The smallest absolute Gasteiger partial charge is 0.318 e. The maximum atomic E-state index is 13.4. The van der Waals surface area contributed by atoms with Crippen LogP contribution in [0.3, 0.4) is 0 Å². The monoisotopic (exact) mass is 536 g/mol. The fraction of sp³-hybridized carbons (Fsp3) is 0.400. The molecule has 2 aromatic carbocycles. The van der Waals surface area contributed by atoms with Crippen molar-refractivity contribution in [3.63, 3.8) is 0 Å². The highest BCUT2D eigenvalue weighted by molar-refractivity contribution is 6.30. The molecule has 0 bridgehead atoms. The topological polar surface area (TPSA) is 79.9 Å². The lowest BCUT2D eigenvalue weighted by Crippen LogP contribution is -2.47. The normalized spacial score (nSPS) is 26.2. The SMILES string of the molecule is C[C@]12CC(=CN)C(=Nc3ccc(F)cc3)C=C1CC[C@@H]2CC(NC(=O)N1CCOCC1)c1cccc(Cl)c1. The van der Waals surface area contributed by atoms with Crippen molar-refractivity contribution in [3.8, 4) is 0 Å². The number of hydrogen-bond acceptors (Lipinski definition) is 4. The number of ether oxygens (including phenoxy) is 1. The van der Waals surface area contributed by atoms with Crippen molar-refractivity contribution in [3.05, 3.63) is 88.4 Å². The van der Waals surface area contributed by atoms with E-state index in [0.717, 1.165) is 42.5 Å². The number of nitrogens with one attached hydrogen (secondary N) is 1. The fourth-order valence-electron chi connectivity index (χ4n) is 6.01. The van der Waals surface area contributed by atoms with Crippen molar-refractivity contribution >= 4 is 29.0 Å². The molecule has 3 atom stereocenters. The summed E-state index contributed by atoms with van der Waals surface area (Å²) in [6.45, 7) is 4.58. The van der Waals surface area contributed by atoms with Crippen molar-refractivity contribution in [2.24, 2.45) is 22.1 Å². The first-order chi connectivity index (χ1) is 18.4. The molecular formula is C30H34ClFN4O2. The Morgan fingerprint density at radius 3 is 2.76 bits per heavy atom. The molecule has 3 aliphatic rings. The molecule has 0 spiro atoms. The van der Waals surface area contributed by atoms with Crippen LogP contribution in [0.4, 0.5) is 14.9 Å². The van der Waals surface area contributed by atoms with Gasteiger partial charge in [0.05, 0.1) is 30.7 Å². The number of urea groups is 1. The van der Waals surface area contributed by atoms with Crippen LogP contribution < -0.4 is 11.1 Å². The number of morpholine rings is 1. The Hall–Kier alpha value is -3.16. The molecule has 0 aromatic heterocycles. The van der Waals surface area contributed by atoms with Crippen LogP contribution in [0, 0.1) is 17.2 Å². The van der Waals surface area contributed by atoms with E-state index in [1.54, 1.807) is 18.3 Å². The Morgan fingerprint density at radius 2 is 2.05 bits per heavy atom. The third kappa shape index (κ3) is 5.64. The van der Waals surface area contributed by atoms with Gasteiger partial charge in [-0.05, 0) is 96.8 Å². The van der Waals surface area contributed by atoms with Crippen molar-refractivity contribution in [2.45, 2.75) is 38.6 Å². The number of aliphatic imine (C=N–C) groups is 1. The summed E-state index contributed by atoms with van der Waals surface area (Å²) >= 11 is 6.35. The highest BCUT2D eigenvalue weighted by Gasteiger charge is 2.46. The van der Waals surface area contributed by atoms with Crippen LogP contribution >= 0.6 is 11.6 Å². The van der Waals surface area contributed by atoms with Crippen LogP contribution in [0.5, 0.6) is 0 Å². The second-order valence-corrected chi connectivity index (χ2v) is 11.0. The second-order valence-electron chi connectivity index (χ2n) is 10.6. The van der Waals surface area contributed by atoms with Crippen LogP contribution in [0.2, 0.25) is 5.02 Å². The van der Waals surface area contributed by atoms with Crippen molar-refractivity contribution < 1.29 is 13.9 Å². The third-order valence-electron chi connectivity index (χ3n) is 8.24. The highest BCUT2D eigenvalue weighted by atomic mass is 35.5. The lowest BCUT2D eigenvalue weighted by atomic mass is 9.67. The first-order valence-corrected chi connectivity index (χ1v) is 13.6. The van der Waals surface area contributed by atoms with Crippen LogP contribution in [0.25, 0.3) is 0 Å². The number of halogens is 2. The van der Waals surface area contributed by atoms with Crippen LogP contribution in [-0.4, -0.2) is 42.9 Å². The van der Waals surface area contributed by atoms with Gasteiger partial charge in [0.2, 0.25) is 0 Å². The molecule has 2 aromatic rings. The van der Waals surface area contributed by atoms with Gasteiger partial charge in [-0.3, -0.25) is 0 Å². The van der Waals surface area contributed by atoms with Crippen LogP contribution in [0.15, 0.2) is 76.9 Å². The van der Waals surface area contributed by atoms with E-state index in [1.807, 2.05) is 29.2 Å². The maximum Gasteiger partial charge on any atom is 0.318 e. The maximum absolute atomic E-state index is 13.4. The molecule has 3 N–H and O–H groups in total. The molecule has 0 radical (unpaired) electrons. The standard InChI is InChI=1S/C30H34ClFN4O2/c1-30-18-21(19-33)28(34-26-9-7-25(32)8-10-26)17-23(30)6-5-22(30)16-27(20-3-2-4-24(31)15-20)35-29(37)36-11-13-38-14-12-36/h2-4,7-10,15,17,19,22,27H,5-6,11-14,16,18,33H2,1H3,(H,35,37)/t22-,27?,30-/m1/s1. The van der Waals surface area contributed by atoms with Gasteiger partial charge in [-0.25, -0.2) is 14.2 Å². The Kier molecular flexibility index (Phi) is 7.86. The zero-order chi connectivity index (χ0) is 26.7. The molecule has 8 heteroatoms. The van der Waals surface area contributed by atoms with Gasteiger partial charge in [-0.15, -0.1) is 0 Å². The van der Waals surface area contributed by atoms with Crippen molar-refractivity contribution in [2.75, 3.05) is 26.3 Å². The van der Waals surface area contributed by atoms with Gasteiger partial charge in [0, 0.05) is 18.1 Å². The zero-order valence-electron chi connectivity index (χ0n) is 21.6. The van der Waals surface area contributed by atoms with E-state index >= 15 is 0 Å². The number of carbonyl (C=O) groups is 1. The second kappa shape index (κ2) is 11.3. The molecule has 2 aliphatic carbocycles. The number of amides is 2. The summed E-state index contributed by atoms with van der Waals surface area (Å²) in [5, 5.41) is 3.95. The average molecular weight is 537 g/mol. The number of hydrogen-bond donors (Lipinski definition) is 2. The molecule has 2 amide bonds. The van der Waals surface area contributed by atoms with Gasteiger partial charge in [0.25, 0.3) is 0 Å². The number of nitrogens with zero attached hydrogens (tertiary/aromatic N) is 2. The van der Waals surface area contributed by atoms with Gasteiger partial charge in [-0.2, -0.15) is 0 Å². The van der Waals surface area contributed by atoms with Gasteiger partial charge < -0.3 is 20.7 Å². The summed E-state index contributed by atoms with van der Waals surface area (Å²) < 4.78 is 18.8.